The monoisotopic (exact) mass is 344 g/mol. The molecule has 2 fully saturated rings. The lowest BCUT2D eigenvalue weighted by Gasteiger charge is -2.33. The molecule has 0 N–H and O–H groups in total. The summed E-state index contributed by atoms with van der Waals surface area (Å²) in [6, 6.07) is 3.48. The van der Waals surface area contributed by atoms with Crippen LogP contribution in [0, 0.1) is 5.41 Å². The molecule has 0 radical (unpaired) electrons. The normalized spacial score (nSPS) is 23.9. The highest BCUT2D eigenvalue weighted by atomic mass is 16.2. The second-order valence-electron chi connectivity index (χ2n) is 6.99. The molecule has 1 atom stereocenters. The van der Waals surface area contributed by atoms with Gasteiger partial charge in [0.15, 0.2) is 0 Å². The number of hydrogen-bond donors (Lipinski definition) is 0. The number of nitrogens with zero attached hydrogens (tertiary/aromatic N) is 4. The fourth-order valence-corrected chi connectivity index (χ4v) is 3.85. The maximum atomic E-state index is 12.9. The van der Waals surface area contributed by atoms with E-state index in [-0.39, 0.29) is 17.7 Å². The number of likely N-dealkylation sites (tertiary alicyclic amines) is 1. The Morgan fingerprint density at radius 1 is 1.20 bits per heavy atom. The minimum absolute atomic E-state index is 0.0163. The molecule has 0 bridgehead atoms. The highest BCUT2D eigenvalue weighted by Gasteiger charge is 2.47. The molecule has 3 amide bonds. The van der Waals surface area contributed by atoms with Gasteiger partial charge in [-0.1, -0.05) is 0 Å². The predicted molar refractivity (Wildman–Crippen MR) is 91.7 cm³/mol. The molecule has 1 spiro atoms. The predicted octanol–water partition coefficient (Wildman–Crippen LogP) is 0.625. The number of amides is 3. The first-order valence-corrected chi connectivity index (χ1v) is 8.67. The van der Waals surface area contributed by atoms with Gasteiger partial charge in [0.1, 0.15) is 0 Å². The maximum absolute atomic E-state index is 12.9. The zero-order valence-corrected chi connectivity index (χ0v) is 14.8. The number of carbonyl (C=O) groups excluding carboxylic acids is 3. The molecule has 1 unspecified atom stereocenters. The van der Waals surface area contributed by atoms with Crippen LogP contribution >= 0.6 is 0 Å². The van der Waals surface area contributed by atoms with E-state index in [1.165, 1.54) is 0 Å². The summed E-state index contributed by atoms with van der Waals surface area (Å²) in [5, 5.41) is 0. The van der Waals surface area contributed by atoms with Crippen LogP contribution in [-0.4, -0.2) is 76.7 Å². The zero-order valence-electron chi connectivity index (χ0n) is 14.8. The van der Waals surface area contributed by atoms with Gasteiger partial charge in [-0.25, -0.2) is 0 Å². The van der Waals surface area contributed by atoms with Crippen molar-refractivity contribution in [2.24, 2.45) is 5.41 Å². The van der Waals surface area contributed by atoms with Gasteiger partial charge in [0.05, 0.1) is 5.56 Å². The van der Waals surface area contributed by atoms with E-state index >= 15 is 0 Å². The Balaban J connectivity index is 1.88. The first-order valence-electron chi connectivity index (χ1n) is 8.67. The molecule has 7 heteroatoms. The molecule has 7 nitrogen and oxygen atoms in total. The second-order valence-corrected chi connectivity index (χ2v) is 6.99. The Hall–Kier alpha value is -2.44. The van der Waals surface area contributed by atoms with E-state index in [0.29, 0.717) is 51.3 Å². The molecule has 1 aromatic rings. The first-order chi connectivity index (χ1) is 11.9. The quantitative estimate of drug-likeness (QED) is 0.788. The molecule has 3 heterocycles. The largest absolute Gasteiger partial charge is 0.342 e. The van der Waals surface area contributed by atoms with E-state index in [9.17, 15) is 14.4 Å². The lowest BCUT2D eigenvalue weighted by Crippen LogP contribution is -2.45. The number of rotatable bonds is 2. The molecule has 2 saturated heterocycles. The van der Waals surface area contributed by atoms with Crippen molar-refractivity contribution in [3.8, 4) is 0 Å². The Kier molecular flexibility index (Phi) is 4.74. The summed E-state index contributed by atoms with van der Waals surface area (Å²) in [6.07, 6.45) is 3.56. The van der Waals surface area contributed by atoms with Crippen LogP contribution in [0.25, 0.3) is 0 Å². The van der Waals surface area contributed by atoms with Crippen LogP contribution in [0.4, 0.5) is 0 Å². The Morgan fingerprint density at radius 3 is 2.52 bits per heavy atom. The van der Waals surface area contributed by atoms with Crippen LogP contribution in [-0.2, 0) is 9.59 Å². The van der Waals surface area contributed by atoms with Gasteiger partial charge in [0.25, 0.3) is 5.91 Å². The molecule has 0 aromatic carbocycles. The van der Waals surface area contributed by atoms with Crippen LogP contribution in [0.15, 0.2) is 24.5 Å². The number of aromatic nitrogens is 1. The average molecular weight is 344 g/mol. The van der Waals surface area contributed by atoms with E-state index in [1.54, 1.807) is 41.2 Å². The molecule has 3 rings (SSSR count). The van der Waals surface area contributed by atoms with Crippen LogP contribution in [0.2, 0.25) is 0 Å². The van der Waals surface area contributed by atoms with Crippen molar-refractivity contribution in [1.29, 1.82) is 0 Å². The highest BCUT2D eigenvalue weighted by Crippen LogP contribution is 2.35. The van der Waals surface area contributed by atoms with E-state index in [0.717, 1.165) is 0 Å². The van der Waals surface area contributed by atoms with Gasteiger partial charge in [-0.2, -0.15) is 0 Å². The van der Waals surface area contributed by atoms with Gasteiger partial charge < -0.3 is 14.7 Å². The third kappa shape index (κ3) is 3.50. The van der Waals surface area contributed by atoms with Crippen molar-refractivity contribution in [2.75, 3.05) is 39.3 Å². The fraction of sp³-hybridized carbons (Fsp3) is 0.556. The molecule has 134 valence electrons. The van der Waals surface area contributed by atoms with Gasteiger partial charge in [-0.3, -0.25) is 19.4 Å². The van der Waals surface area contributed by atoms with Crippen molar-refractivity contribution in [1.82, 2.24) is 19.7 Å². The van der Waals surface area contributed by atoms with Gasteiger partial charge in [0, 0.05) is 70.4 Å². The van der Waals surface area contributed by atoms with Crippen molar-refractivity contribution in [3.63, 3.8) is 0 Å². The van der Waals surface area contributed by atoms with Gasteiger partial charge in [0.2, 0.25) is 11.8 Å². The molecular formula is C18H24N4O3. The van der Waals surface area contributed by atoms with E-state index in [4.69, 9.17) is 0 Å². The van der Waals surface area contributed by atoms with E-state index in [1.807, 2.05) is 11.8 Å². The third-order valence-electron chi connectivity index (χ3n) is 5.12. The summed E-state index contributed by atoms with van der Waals surface area (Å²) in [4.78, 5) is 46.6. The van der Waals surface area contributed by atoms with Crippen molar-refractivity contribution < 1.29 is 14.4 Å². The number of hydrogen-bond acceptors (Lipinski definition) is 4. The van der Waals surface area contributed by atoms with Crippen LogP contribution in [0.3, 0.4) is 0 Å². The van der Waals surface area contributed by atoms with Gasteiger partial charge >= 0.3 is 0 Å². The summed E-state index contributed by atoms with van der Waals surface area (Å²) in [6.45, 7) is 6.68. The standard InChI is InChI=1S/C18H24N4O3/c1-3-20-11-18(9-16(20)24)12-21(14(2)23)7-8-22(13-18)17(25)15-5-4-6-19-10-15/h4-6,10H,3,7-9,11-13H2,1-2H3. The molecule has 1 aromatic heterocycles. The zero-order chi connectivity index (χ0) is 18.0. The van der Waals surface area contributed by atoms with Crippen LogP contribution in [0.1, 0.15) is 30.6 Å². The molecule has 0 saturated carbocycles. The summed E-state index contributed by atoms with van der Waals surface area (Å²) < 4.78 is 0. The number of carbonyl (C=O) groups is 3. The molecule has 2 aliphatic heterocycles. The molecule has 0 aliphatic carbocycles. The smallest absolute Gasteiger partial charge is 0.255 e. The summed E-state index contributed by atoms with van der Waals surface area (Å²) in [5.74, 6) is -0.0144. The lowest BCUT2D eigenvalue weighted by atomic mass is 9.85. The minimum atomic E-state index is -0.396. The summed E-state index contributed by atoms with van der Waals surface area (Å²) in [5.41, 5.74) is 0.137. The number of pyridine rings is 1. The second kappa shape index (κ2) is 6.82. The fourth-order valence-electron chi connectivity index (χ4n) is 3.85. The van der Waals surface area contributed by atoms with E-state index in [2.05, 4.69) is 4.98 Å². The highest BCUT2D eigenvalue weighted by molar-refractivity contribution is 5.94. The Morgan fingerprint density at radius 2 is 1.92 bits per heavy atom. The summed E-state index contributed by atoms with van der Waals surface area (Å²) in [7, 11) is 0. The first kappa shape index (κ1) is 17.4. The van der Waals surface area contributed by atoms with Crippen molar-refractivity contribution in [2.45, 2.75) is 20.3 Å². The van der Waals surface area contributed by atoms with Gasteiger partial charge in [-0.05, 0) is 19.1 Å². The molecule has 25 heavy (non-hydrogen) atoms. The average Bonchev–Trinajstić information content (AvgIpc) is 2.80. The Labute approximate surface area is 147 Å². The van der Waals surface area contributed by atoms with Gasteiger partial charge in [-0.15, -0.1) is 0 Å². The van der Waals surface area contributed by atoms with Crippen LogP contribution < -0.4 is 0 Å². The Bertz CT molecular complexity index is 678. The van der Waals surface area contributed by atoms with E-state index < -0.39 is 5.41 Å². The topological polar surface area (TPSA) is 73.8 Å². The maximum Gasteiger partial charge on any atom is 0.255 e. The molecule has 2 aliphatic rings. The summed E-state index contributed by atoms with van der Waals surface area (Å²) >= 11 is 0. The van der Waals surface area contributed by atoms with Crippen molar-refractivity contribution >= 4 is 17.7 Å². The van der Waals surface area contributed by atoms with Crippen molar-refractivity contribution in [3.05, 3.63) is 30.1 Å². The minimum Gasteiger partial charge on any atom is -0.342 e. The molecular weight excluding hydrogens is 320 g/mol. The lowest BCUT2D eigenvalue weighted by molar-refractivity contribution is -0.130. The third-order valence-corrected chi connectivity index (χ3v) is 5.12. The SMILES string of the molecule is CCN1CC2(CC1=O)CN(C(C)=O)CCN(C(=O)c1cccnc1)C2. The van der Waals surface area contributed by atoms with Crippen LogP contribution in [0.5, 0.6) is 0 Å².